The number of nitrogens with zero attached hydrogens (tertiary/aromatic N) is 2. The summed E-state index contributed by atoms with van der Waals surface area (Å²) in [6, 6.07) is 7.93. The molecular weight excluding hydrogens is 300 g/mol. The van der Waals surface area contributed by atoms with Gasteiger partial charge in [0.25, 0.3) is 0 Å². The molecule has 2 heterocycles. The van der Waals surface area contributed by atoms with Crippen LogP contribution in [0.15, 0.2) is 30.5 Å². The zero-order chi connectivity index (χ0) is 17.3. The van der Waals surface area contributed by atoms with Crippen molar-refractivity contribution in [2.75, 3.05) is 18.0 Å². The molecule has 1 saturated heterocycles. The van der Waals surface area contributed by atoms with Crippen LogP contribution in [0.3, 0.4) is 0 Å². The van der Waals surface area contributed by atoms with Crippen molar-refractivity contribution in [3.8, 4) is 0 Å². The summed E-state index contributed by atoms with van der Waals surface area (Å²) in [5.41, 5.74) is 2.06. The van der Waals surface area contributed by atoms with Gasteiger partial charge in [0, 0.05) is 30.4 Å². The number of hydrogen-bond donors (Lipinski definition) is 0. The summed E-state index contributed by atoms with van der Waals surface area (Å²) in [7, 11) is 0. The maximum absolute atomic E-state index is 12.5. The summed E-state index contributed by atoms with van der Waals surface area (Å²) >= 11 is 0. The molecule has 0 N–H and O–H groups in total. The van der Waals surface area contributed by atoms with Gasteiger partial charge in [-0.25, -0.2) is 4.79 Å². The summed E-state index contributed by atoms with van der Waals surface area (Å²) in [4.78, 5) is 19.3. The molecule has 1 aliphatic rings. The molecule has 4 heteroatoms. The number of benzene rings is 1. The second kappa shape index (κ2) is 6.42. The number of piperidine rings is 1. The number of anilines is 1. The molecule has 1 aromatic carbocycles. The lowest BCUT2D eigenvalue weighted by molar-refractivity contribution is 0.00718. The molecular formula is C20H26N2O2. The fourth-order valence-electron chi connectivity index (χ4n) is 3.11. The normalized spacial score (nSPS) is 16.4. The van der Waals surface area contributed by atoms with Crippen LogP contribution in [0, 0.1) is 5.92 Å². The first-order chi connectivity index (χ1) is 11.3. The molecule has 0 spiro atoms. The number of carbonyl (C=O) groups excluding carboxylic acids is 1. The van der Waals surface area contributed by atoms with Gasteiger partial charge in [0.2, 0.25) is 0 Å². The third-order valence-corrected chi connectivity index (χ3v) is 4.49. The monoisotopic (exact) mass is 326 g/mol. The maximum atomic E-state index is 12.5. The van der Waals surface area contributed by atoms with E-state index in [2.05, 4.69) is 28.9 Å². The molecule has 0 saturated carbocycles. The zero-order valence-corrected chi connectivity index (χ0v) is 15.0. The Bertz CT molecular complexity index is 741. The van der Waals surface area contributed by atoms with E-state index in [1.54, 1.807) is 12.3 Å². The Labute approximate surface area is 143 Å². The van der Waals surface area contributed by atoms with Crippen molar-refractivity contribution in [3.05, 3.63) is 36.0 Å². The lowest BCUT2D eigenvalue weighted by Crippen LogP contribution is -2.32. The van der Waals surface area contributed by atoms with E-state index in [-0.39, 0.29) is 5.97 Å². The second-order valence-corrected chi connectivity index (χ2v) is 7.73. The van der Waals surface area contributed by atoms with Crippen LogP contribution < -0.4 is 4.90 Å². The molecule has 128 valence electrons. The predicted octanol–water partition coefficient (Wildman–Crippen LogP) is 4.43. The third kappa shape index (κ3) is 3.69. The molecule has 1 fully saturated rings. The molecule has 0 amide bonds. The molecule has 0 atom stereocenters. The van der Waals surface area contributed by atoms with Crippen LogP contribution in [0.4, 0.5) is 5.69 Å². The summed E-state index contributed by atoms with van der Waals surface area (Å²) in [6.07, 6.45) is 4.10. The van der Waals surface area contributed by atoms with Gasteiger partial charge in [0.05, 0.1) is 11.1 Å². The quantitative estimate of drug-likeness (QED) is 0.766. The fourth-order valence-corrected chi connectivity index (χ4v) is 3.11. The molecule has 0 unspecified atom stereocenters. The number of carbonyl (C=O) groups is 1. The highest BCUT2D eigenvalue weighted by Crippen LogP contribution is 2.28. The average molecular weight is 326 g/mol. The molecule has 0 radical (unpaired) electrons. The highest BCUT2D eigenvalue weighted by atomic mass is 16.6. The minimum Gasteiger partial charge on any atom is -0.456 e. The predicted molar refractivity (Wildman–Crippen MR) is 97.5 cm³/mol. The zero-order valence-electron chi connectivity index (χ0n) is 15.0. The molecule has 2 aromatic rings. The number of esters is 1. The summed E-state index contributed by atoms with van der Waals surface area (Å²) in [5.74, 6) is 0.500. The molecule has 0 aliphatic carbocycles. The van der Waals surface area contributed by atoms with Crippen LogP contribution in [0.1, 0.15) is 50.9 Å². The Morgan fingerprint density at radius 2 is 1.92 bits per heavy atom. The minimum absolute atomic E-state index is 0.292. The van der Waals surface area contributed by atoms with Gasteiger partial charge in [0.15, 0.2) is 0 Å². The molecule has 1 aliphatic heterocycles. The van der Waals surface area contributed by atoms with Crippen molar-refractivity contribution in [1.29, 1.82) is 0 Å². The van der Waals surface area contributed by atoms with Crippen molar-refractivity contribution in [3.63, 3.8) is 0 Å². The number of fused-ring (bicyclic) bond motifs is 1. The Morgan fingerprint density at radius 3 is 2.58 bits per heavy atom. The van der Waals surface area contributed by atoms with Crippen LogP contribution in [0.25, 0.3) is 10.9 Å². The lowest BCUT2D eigenvalue weighted by atomic mass is 9.98. The van der Waals surface area contributed by atoms with E-state index in [0.717, 1.165) is 35.6 Å². The van der Waals surface area contributed by atoms with Crippen molar-refractivity contribution >= 4 is 22.6 Å². The molecule has 0 bridgehead atoms. The number of pyridine rings is 1. The van der Waals surface area contributed by atoms with E-state index in [0.29, 0.717) is 5.56 Å². The fraction of sp³-hybridized carbons (Fsp3) is 0.500. The number of rotatable bonds is 2. The molecule has 1 aromatic heterocycles. The van der Waals surface area contributed by atoms with Crippen molar-refractivity contribution in [2.45, 2.75) is 46.1 Å². The Morgan fingerprint density at radius 1 is 1.21 bits per heavy atom. The molecule has 4 nitrogen and oxygen atoms in total. The first-order valence-electron chi connectivity index (χ1n) is 8.70. The van der Waals surface area contributed by atoms with Gasteiger partial charge in [-0.3, -0.25) is 4.98 Å². The van der Waals surface area contributed by atoms with Gasteiger partial charge in [-0.2, -0.15) is 0 Å². The van der Waals surface area contributed by atoms with Crippen LogP contribution in [0.2, 0.25) is 0 Å². The number of hydrogen-bond acceptors (Lipinski definition) is 4. The van der Waals surface area contributed by atoms with Crippen LogP contribution in [-0.2, 0) is 4.74 Å². The van der Waals surface area contributed by atoms with Gasteiger partial charge in [0.1, 0.15) is 5.60 Å². The average Bonchev–Trinajstić information content (AvgIpc) is 2.53. The van der Waals surface area contributed by atoms with Gasteiger partial charge >= 0.3 is 5.97 Å². The highest BCUT2D eigenvalue weighted by molar-refractivity contribution is 6.04. The topological polar surface area (TPSA) is 42.4 Å². The van der Waals surface area contributed by atoms with Crippen molar-refractivity contribution in [2.24, 2.45) is 5.92 Å². The van der Waals surface area contributed by atoms with Crippen molar-refractivity contribution < 1.29 is 9.53 Å². The number of aromatic nitrogens is 1. The van der Waals surface area contributed by atoms with E-state index in [9.17, 15) is 4.79 Å². The van der Waals surface area contributed by atoms with E-state index in [1.165, 1.54) is 12.8 Å². The first kappa shape index (κ1) is 16.7. The lowest BCUT2D eigenvalue weighted by Gasteiger charge is -2.32. The highest BCUT2D eigenvalue weighted by Gasteiger charge is 2.21. The standard InChI is InChI=1S/C20H26N2O2/c1-14-8-11-22(12-9-14)15-5-6-18-17(13-15)16(7-10-21-18)19(23)24-20(2,3)4/h5-7,10,13-14H,8-9,11-12H2,1-4H3. The van der Waals surface area contributed by atoms with Crippen LogP contribution >= 0.6 is 0 Å². The summed E-state index contributed by atoms with van der Waals surface area (Å²) in [5, 5.41) is 0.864. The Balaban J connectivity index is 1.95. The van der Waals surface area contributed by atoms with Gasteiger partial charge in [-0.15, -0.1) is 0 Å². The van der Waals surface area contributed by atoms with Crippen molar-refractivity contribution in [1.82, 2.24) is 4.98 Å². The van der Waals surface area contributed by atoms with Crippen LogP contribution in [-0.4, -0.2) is 29.6 Å². The Kier molecular flexibility index (Phi) is 4.48. The van der Waals surface area contributed by atoms with E-state index in [4.69, 9.17) is 4.74 Å². The van der Waals surface area contributed by atoms with Gasteiger partial charge in [-0.05, 0) is 63.8 Å². The van der Waals surface area contributed by atoms with E-state index < -0.39 is 5.60 Å². The maximum Gasteiger partial charge on any atom is 0.339 e. The van der Waals surface area contributed by atoms with Gasteiger partial charge in [-0.1, -0.05) is 6.92 Å². The summed E-state index contributed by atoms with van der Waals surface area (Å²) < 4.78 is 5.55. The SMILES string of the molecule is CC1CCN(c2ccc3nccc(C(=O)OC(C)(C)C)c3c2)CC1. The minimum atomic E-state index is -0.507. The van der Waals surface area contributed by atoms with E-state index in [1.807, 2.05) is 26.8 Å². The third-order valence-electron chi connectivity index (χ3n) is 4.49. The number of ether oxygens (including phenoxy) is 1. The molecule has 24 heavy (non-hydrogen) atoms. The smallest absolute Gasteiger partial charge is 0.339 e. The Hall–Kier alpha value is -2.10. The van der Waals surface area contributed by atoms with Gasteiger partial charge < -0.3 is 9.64 Å². The first-order valence-corrected chi connectivity index (χ1v) is 8.70. The largest absolute Gasteiger partial charge is 0.456 e. The summed E-state index contributed by atoms with van der Waals surface area (Å²) in [6.45, 7) is 10.1. The second-order valence-electron chi connectivity index (χ2n) is 7.73. The van der Waals surface area contributed by atoms with Crippen LogP contribution in [0.5, 0.6) is 0 Å². The molecule has 3 rings (SSSR count). The van der Waals surface area contributed by atoms with E-state index >= 15 is 0 Å².